The highest BCUT2D eigenvalue weighted by molar-refractivity contribution is 6.31. The van der Waals surface area contributed by atoms with Gasteiger partial charge in [-0.25, -0.2) is 0 Å². The maximum absolute atomic E-state index is 9.52. The molecule has 1 heterocycles. The standard InChI is InChI=1S/C10H17ClN2O/c1-6(2)13-10(7(3)8(4)14)9(11)5-12-13/h5-8,14H,1-4H3. The van der Waals surface area contributed by atoms with Crippen molar-refractivity contribution in [2.24, 2.45) is 0 Å². The van der Waals surface area contributed by atoms with Gasteiger partial charge in [0, 0.05) is 12.0 Å². The minimum Gasteiger partial charge on any atom is -0.393 e. The predicted octanol–water partition coefficient (Wildman–Crippen LogP) is 2.60. The third-order valence-corrected chi connectivity index (χ3v) is 2.72. The van der Waals surface area contributed by atoms with Crippen LogP contribution in [0.4, 0.5) is 0 Å². The van der Waals surface area contributed by atoms with E-state index >= 15 is 0 Å². The van der Waals surface area contributed by atoms with E-state index in [9.17, 15) is 5.11 Å². The van der Waals surface area contributed by atoms with Gasteiger partial charge in [0.15, 0.2) is 0 Å². The molecule has 2 unspecified atom stereocenters. The quantitative estimate of drug-likeness (QED) is 0.844. The molecule has 0 aliphatic heterocycles. The fourth-order valence-electron chi connectivity index (χ4n) is 1.42. The molecule has 1 aromatic rings. The van der Waals surface area contributed by atoms with Crippen LogP contribution in [0.2, 0.25) is 5.02 Å². The lowest BCUT2D eigenvalue weighted by Crippen LogP contribution is -2.17. The highest BCUT2D eigenvalue weighted by Gasteiger charge is 2.21. The summed E-state index contributed by atoms with van der Waals surface area (Å²) in [6.07, 6.45) is 1.22. The second-order valence-corrected chi connectivity index (χ2v) is 4.35. The Labute approximate surface area is 89.7 Å². The molecule has 3 nitrogen and oxygen atoms in total. The van der Waals surface area contributed by atoms with Crippen molar-refractivity contribution in [3.63, 3.8) is 0 Å². The highest BCUT2D eigenvalue weighted by atomic mass is 35.5. The van der Waals surface area contributed by atoms with Crippen LogP contribution in [0.5, 0.6) is 0 Å². The summed E-state index contributed by atoms with van der Waals surface area (Å²) < 4.78 is 1.86. The van der Waals surface area contributed by atoms with Crippen molar-refractivity contribution in [3.8, 4) is 0 Å². The molecule has 0 spiro atoms. The number of halogens is 1. The zero-order valence-corrected chi connectivity index (χ0v) is 9.78. The molecule has 0 fully saturated rings. The van der Waals surface area contributed by atoms with Crippen molar-refractivity contribution in [1.82, 2.24) is 9.78 Å². The maximum Gasteiger partial charge on any atom is 0.0821 e. The Morgan fingerprint density at radius 2 is 1.93 bits per heavy atom. The van der Waals surface area contributed by atoms with Crippen molar-refractivity contribution >= 4 is 11.6 Å². The zero-order chi connectivity index (χ0) is 10.9. The Hall–Kier alpha value is -0.540. The van der Waals surface area contributed by atoms with E-state index in [1.165, 1.54) is 0 Å². The number of aliphatic hydroxyl groups is 1. The molecule has 14 heavy (non-hydrogen) atoms. The summed E-state index contributed by atoms with van der Waals surface area (Å²) in [5, 5.41) is 14.3. The molecule has 1 rings (SSSR count). The van der Waals surface area contributed by atoms with Gasteiger partial charge in [0.2, 0.25) is 0 Å². The summed E-state index contributed by atoms with van der Waals surface area (Å²) in [6.45, 7) is 7.80. The summed E-state index contributed by atoms with van der Waals surface area (Å²) in [7, 11) is 0. The molecule has 1 aromatic heterocycles. The van der Waals surface area contributed by atoms with Gasteiger partial charge in [0.05, 0.1) is 23.0 Å². The maximum atomic E-state index is 9.52. The van der Waals surface area contributed by atoms with E-state index in [0.717, 1.165) is 5.69 Å². The molecule has 80 valence electrons. The number of aromatic nitrogens is 2. The van der Waals surface area contributed by atoms with E-state index < -0.39 is 6.10 Å². The molecule has 0 saturated heterocycles. The highest BCUT2D eigenvalue weighted by Crippen LogP contribution is 2.28. The third kappa shape index (κ3) is 2.10. The largest absolute Gasteiger partial charge is 0.393 e. The molecule has 0 radical (unpaired) electrons. The van der Waals surface area contributed by atoms with Crippen LogP contribution in [0.15, 0.2) is 6.20 Å². The molecule has 0 aliphatic rings. The molecule has 0 aliphatic carbocycles. The Morgan fingerprint density at radius 1 is 1.36 bits per heavy atom. The third-order valence-electron chi connectivity index (χ3n) is 2.43. The van der Waals surface area contributed by atoms with Gasteiger partial charge >= 0.3 is 0 Å². The number of rotatable bonds is 3. The van der Waals surface area contributed by atoms with Crippen LogP contribution in [0.1, 0.15) is 45.3 Å². The van der Waals surface area contributed by atoms with Crippen molar-refractivity contribution < 1.29 is 5.11 Å². The van der Waals surface area contributed by atoms with E-state index in [0.29, 0.717) is 5.02 Å². The van der Waals surface area contributed by atoms with Crippen LogP contribution in [0, 0.1) is 0 Å². The zero-order valence-electron chi connectivity index (χ0n) is 9.03. The van der Waals surface area contributed by atoms with E-state index in [-0.39, 0.29) is 12.0 Å². The van der Waals surface area contributed by atoms with Crippen LogP contribution in [0.3, 0.4) is 0 Å². The number of hydrogen-bond donors (Lipinski definition) is 1. The first-order valence-corrected chi connectivity index (χ1v) is 5.24. The average molecular weight is 217 g/mol. The second kappa shape index (κ2) is 4.32. The Morgan fingerprint density at radius 3 is 2.36 bits per heavy atom. The van der Waals surface area contributed by atoms with Gasteiger partial charge in [-0.1, -0.05) is 18.5 Å². The molecule has 2 atom stereocenters. The summed E-state index contributed by atoms with van der Waals surface area (Å²) in [6, 6.07) is 0.263. The number of aliphatic hydroxyl groups excluding tert-OH is 1. The predicted molar refractivity (Wildman–Crippen MR) is 57.7 cm³/mol. The summed E-state index contributed by atoms with van der Waals surface area (Å²) >= 11 is 6.03. The summed E-state index contributed by atoms with van der Waals surface area (Å²) in [4.78, 5) is 0. The number of nitrogens with zero attached hydrogens (tertiary/aromatic N) is 2. The first kappa shape index (κ1) is 11.5. The lowest BCUT2D eigenvalue weighted by molar-refractivity contribution is 0.164. The van der Waals surface area contributed by atoms with E-state index in [2.05, 4.69) is 5.10 Å². The van der Waals surface area contributed by atoms with E-state index in [4.69, 9.17) is 11.6 Å². The minimum absolute atomic E-state index is 0.00685. The molecule has 1 N–H and O–H groups in total. The molecular formula is C10H17ClN2O. The van der Waals surface area contributed by atoms with Crippen LogP contribution < -0.4 is 0 Å². The molecule has 4 heteroatoms. The smallest absolute Gasteiger partial charge is 0.0821 e. The van der Waals surface area contributed by atoms with Gasteiger partial charge in [-0.3, -0.25) is 4.68 Å². The normalized spacial score (nSPS) is 15.9. The van der Waals surface area contributed by atoms with Crippen LogP contribution in [0.25, 0.3) is 0 Å². The van der Waals surface area contributed by atoms with Gasteiger partial charge in [-0.2, -0.15) is 5.10 Å². The van der Waals surface area contributed by atoms with Gasteiger partial charge < -0.3 is 5.11 Å². The van der Waals surface area contributed by atoms with Gasteiger partial charge in [-0.05, 0) is 20.8 Å². The Kier molecular flexibility index (Phi) is 3.56. The molecule has 0 aromatic carbocycles. The fourth-order valence-corrected chi connectivity index (χ4v) is 1.72. The van der Waals surface area contributed by atoms with Gasteiger partial charge in [0.1, 0.15) is 0 Å². The Bertz CT molecular complexity index is 307. The fraction of sp³-hybridized carbons (Fsp3) is 0.700. The monoisotopic (exact) mass is 216 g/mol. The first-order valence-electron chi connectivity index (χ1n) is 4.86. The molecule has 0 bridgehead atoms. The SMILES string of the molecule is CC(O)C(C)c1c(Cl)cnn1C(C)C. The van der Waals surface area contributed by atoms with E-state index in [1.54, 1.807) is 13.1 Å². The van der Waals surface area contributed by atoms with Crippen LogP contribution >= 0.6 is 11.6 Å². The lowest BCUT2D eigenvalue weighted by atomic mass is 10.0. The summed E-state index contributed by atoms with van der Waals surface area (Å²) in [5.41, 5.74) is 0.914. The second-order valence-electron chi connectivity index (χ2n) is 3.95. The van der Waals surface area contributed by atoms with Crippen molar-refractivity contribution in [3.05, 3.63) is 16.9 Å². The molecule has 0 saturated carbocycles. The minimum atomic E-state index is -0.415. The first-order chi connectivity index (χ1) is 6.45. The van der Waals surface area contributed by atoms with Crippen LogP contribution in [-0.4, -0.2) is 21.0 Å². The van der Waals surface area contributed by atoms with Crippen molar-refractivity contribution in [2.75, 3.05) is 0 Å². The summed E-state index contributed by atoms with van der Waals surface area (Å²) in [5.74, 6) is 0.00685. The topological polar surface area (TPSA) is 38.1 Å². The molecule has 0 amide bonds. The van der Waals surface area contributed by atoms with Gasteiger partial charge in [-0.15, -0.1) is 0 Å². The van der Waals surface area contributed by atoms with Gasteiger partial charge in [0.25, 0.3) is 0 Å². The van der Waals surface area contributed by atoms with Crippen molar-refractivity contribution in [1.29, 1.82) is 0 Å². The van der Waals surface area contributed by atoms with Crippen LogP contribution in [-0.2, 0) is 0 Å². The van der Waals surface area contributed by atoms with E-state index in [1.807, 2.05) is 25.5 Å². The molecular weight excluding hydrogens is 200 g/mol. The Balaban J connectivity index is 3.10. The number of hydrogen-bond acceptors (Lipinski definition) is 2. The van der Waals surface area contributed by atoms with Crippen molar-refractivity contribution in [2.45, 2.75) is 45.8 Å². The average Bonchev–Trinajstić information content (AvgIpc) is 2.45. The lowest BCUT2D eigenvalue weighted by Gasteiger charge is -2.19.